The van der Waals surface area contributed by atoms with Gasteiger partial charge in [0, 0.05) is 12.6 Å². The Kier molecular flexibility index (Phi) is 3.36. The van der Waals surface area contributed by atoms with E-state index in [9.17, 15) is 4.79 Å². The molecule has 6 heteroatoms. The highest BCUT2D eigenvalue weighted by Gasteiger charge is 2.21. The summed E-state index contributed by atoms with van der Waals surface area (Å²) in [5.74, 6) is 0.523. The molecule has 0 bridgehead atoms. The van der Waals surface area contributed by atoms with E-state index in [2.05, 4.69) is 27.2 Å². The summed E-state index contributed by atoms with van der Waals surface area (Å²) in [5.41, 5.74) is 0.332. The molecule has 0 radical (unpaired) electrons. The van der Waals surface area contributed by atoms with Gasteiger partial charge in [0.2, 0.25) is 0 Å². The molecule has 1 unspecified atom stereocenters. The van der Waals surface area contributed by atoms with Crippen molar-refractivity contribution in [3.8, 4) is 0 Å². The number of hydrogen-bond acceptors (Lipinski definition) is 5. The highest BCUT2D eigenvalue weighted by atomic mass is 35.5. The van der Waals surface area contributed by atoms with Crippen LogP contribution in [0.5, 0.6) is 0 Å². The van der Waals surface area contributed by atoms with Gasteiger partial charge in [0.15, 0.2) is 6.29 Å². The first kappa shape index (κ1) is 11.3. The minimum absolute atomic E-state index is 0.193. The van der Waals surface area contributed by atoms with E-state index in [0.29, 0.717) is 23.7 Å². The van der Waals surface area contributed by atoms with Crippen LogP contribution in [0.2, 0.25) is 5.15 Å². The number of hydrogen-bond donors (Lipinski definition) is 1. The second-order valence-corrected chi connectivity index (χ2v) is 4.29. The van der Waals surface area contributed by atoms with Crippen LogP contribution >= 0.6 is 11.6 Å². The van der Waals surface area contributed by atoms with Crippen LogP contribution in [0.1, 0.15) is 16.8 Å². The van der Waals surface area contributed by atoms with E-state index >= 15 is 0 Å². The Bertz CT molecular complexity index is 398. The summed E-state index contributed by atoms with van der Waals surface area (Å²) in [4.78, 5) is 20.9. The first-order chi connectivity index (χ1) is 7.70. The van der Waals surface area contributed by atoms with Crippen LogP contribution in [-0.4, -0.2) is 47.3 Å². The van der Waals surface area contributed by atoms with Crippen molar-refractivity contribution in [2.24, 2.45) is 0 Å². The van der Waals surface area contributed by atoms with Crippen LogP contribution in [0.15, 0.2) is 6.33 Å². The largest absolute Gasteiger partial charge is 0.365 e. The summed E-state index contributed by atoms with van der Waals surface area (Å²) in [6, 6.07) is 0.315. The van der Waals surface area contributed by atoms with E-state index in [-0.39, 0.29) is 5.15 Å². The van der Waals surface area contributed by atoms with Gasteiger partial charge in [-0.25, -0.2) is 9.97 Å². The molecule has 1 fully saturated rings. The number of carbonyl (C=O) groups is 1. The van der Waals surface area contributed by atoms with Gasteiger partial charge in [0.05, 0.1) is 5.56 Å². The molecule has 1 atom stereocenters. The van der Waals surface area contributed by atoms with Gasteiger partial charge in [0.25, 0.3) is 0 Å². The van der Waals surface area contributed by atoms with Crippen LogP contribution < -0.4 is 5.32 Å². The molecule has 86 valence electrons. The van der Waals surface area contributed by atoms with Crippen molar-refractivity contribution in [2.75, 3.05) is 25.5 Å². The number of halogens is 1. The second-order valence-electron chi connectivity index (χ2n) is 3.94. The van der Waals surface area contributed by atoms with Gasteiger partial charge >= 0.3 is 0 Å². The topological polar surface area (TPSA) is 58.1 Å². The standard InChI is InChI=1S/C10H13ClN4O/c1-15-3-2-7(4-15)14-10-8(5-16)9(11)12-6-13-10/h5-7H,2-4H2,1H3,(H,12,13,14). The maximum atomic E-state index is 10.9. The first-order valence-corrected chi connectivity index (χ1v) is 5.49. The lowest BCUT2D eigenvalue weighted by atomic mass is 10.2. The van der Waals surface area contributed by atoms with Gasteiger partial charge in [-0.15, -0.1) is 0 Å². The number of anilines is 1. The molecule has 5 nitrogen and oxygen atoms in total. The molecule has 0 aromatic carbocycles. The number of likely N-dealkylation sites (N-methyl/N-ethyl adjacent to an activating group) is 1. The molecule has 16 heavy (non-hydrogen) atoms. The molecule has 1 N–H and O–H groups in total. The average Bonchev–Trinajstić information content (AvgIpc) is 2.64. The van der Waals surface area contributed by atoms with Crippen molar-refractivity contribution in [1.82, 2.24) is 14.9 Å². The Balaban J connectivity index is 2.15. The van der Waals surface area contributed by atoms with Gasteiger partial charge < -0.3 is 10.2 Å². The third kappa shape index (κ3) is 2.31. The molecule has 1 aliphatic rings. The molecule has 1 saturated heterocycles. The molecule has 1 aliphatic heterocycles. The zero-order valence-electron chi connectivity index (χ0n) is 8.98. The van der Waals surface area contributed by atoms with E-state index in [1.165, 1.54) is 6.33 Å². The van der Waals surface area contributed by atoms with Crippen LogP contribution in [-0.2, 0) is 0 Å². The van der Waals surface area contributed by atoms with Gasteiger partial charge in [-0.3, -0.25) is 4.79 Å². The van der Waals surface area contributed by atoms with E-state index in [1.807, 2.05) is 0 Å². The molecule has 0 amide bonds. The van der Waals surface area contributed by atoms with E-state index in [4.69, 9.17) is 11.6 Å². The Morgan fingerprint density at radius 2 is 2.44 bits per heavy atom. The van der Waals surface area contributed by atoms with Crippen LogP contribution in [0, 0.1) is 0 Å². The summed E-state index contributed by atoms with van der Waals surface area (Å²) in [6.07, 6.45) is 3.08. The zero-order chi connectivity index (χ0) is 11.5. The van der Waals surface area contributed by atoms with Crippen molar-refractivity contribution >= 4 is 23.7 Å². The molecule has 2 rings (SSSR count). The minimum atomic E-state index is 0.193. The number of carbonyl (C=O) groups excluding carboxylic acids is 1. The molecule has 1 aromatic rings. The van der Waals surface area contributed by atoms with Crippen molar-refractivity contribution in [3.63, 3.8) is 0 Å². The van der Waals surface area contributed by atoms with E-state index in [0.717, 1.165) is 19.5 Å². The third-order valence-electron chi connectivity index (χ3n) is 2.69. The lowest BCUT2D eigenvalue weighted by molar-refractivity contribution is 0.112. The normalized spacial score (nSPS) is 21.0. The Labute approximate surface area is 98.8 Å². The van der Waals surface area contributed by atoms with Crippen molar-refractivity contribution in [2.45, 2.75) is 12.5 Å². The number of nitrogens with one attached hydrogen (secondary N) is 1. The summed E-state index contributed by atoms with van der Waals surface area (Å²) < 4.78 is 0. The third-order valence-corrected chi connectivity index (χ3v) is 2.99. The quantitative estimate of drug-likeness (QED) is 0.633. The number of rotatable bonds is 3. The Morgan fingerprint density at radius 1 is 1.62 bits per heavy atom. The number of aldehydes is 1. The fourth-order valence-corrected chi connectivity index (χ4v) is 2.02. The molecule has 2 heterocycles. The fraction of sp³-hybridized carbons (Fsp3) is 0.500. The highest BCUT2D eigenvalue weighted by Crippen LogP contribution is 2.20. The summed E-state index contributed by atoms with van der Waals surface area (Å²) in [6.45, 7) is 1.99. The maximum Gasteiger partial charge on any atom is 0.156 e. The van der Waals surface area contributed by atoms with Crippen molar-refractivity contribution in [3.05, 3.63) is 17.0 Å². The molecular formula is C10H13ClN4O. The van der Waals surface area contributed by atoms with Crippen LogP contribution in [0.3, 0.4) is 0 Å². The predicted octanol–water partition coefficient (Wildman–Crippen LogP) is 1.06. The smallest absolute Gasteiger partial charge is 0.156 e. The first-order valence-electron chi connectivity index (χ1n) is 5.11. The van der Waals surface area contributed by atoms with E-state index < -0.39 is 0 Å². The van der Waals surface area contributed by atoms with Gasteiger partial charge in [-0.05, 0) is 20.0 Å². The number of aromatic nitrogens is 2. The summed E-state index contributed by atoms with van der Waals surface area (Å²) in [5, 5.41) is 3.42. The SMILES string of the molecule is CN1CCC(Nc2ncnc(Cl)c2C=O)C1. The fourth-order valence-electron chi connectivity index (χ4n) is 1.84. The van der Waals surface area contributed by atoms with Crippen molar-refractivity contribution < 1.29 is 4.79 Å². The Hall–Kier alpha value is -1.20. The van der Waals surface area contributed by atoms with E-state index in [1.54, 1.807) is 0 Å². The second kappa shape index (κ2) is 4.76. The summed E-state index contributed by atoms with van der Waals surface area (Å²) >= 11 is 5.81. The molecule has 0 spiro atoms. The van der Waals surface area contributed by atoms with Crippen LogP contribution in [0.4, 0.5) is 5.82 Å². The van der Waals surface area contributed by atoms with Gasteiger partial charge in [0.1, 0.15) is 17.3 Å². The molecule has 0 aliphatic carbocycles. The molecular weight excluding hydrogens is 228 g/mol. The zero-order valence-corrected chi connectivity index (χ0v) is 9.74. The molecule has 0 saturated carbocycles. The lowest BCUT2D eigenvalue weighted by Gasteiger charge is -2.14. The van der Waals surface area contributed by atoms with Gasteiger partial charge in [-0.1, -0.05) is 11.6 Å². The van der Waals surface area contributed by atoms with Crippen molar-refractivity contribution in [1.29, 1.82) is 0 Å². The molecule has 1 aromatic heterocycles. The summed E-state index contributed by atoms with van der Waals surface area (Å²) in [7, 11) is 2.06. The highest BCUT2D eigenvalue weighted by molar-refractivity contribution is 6.32. The predicted molar refractivity (Wildman–Crippen MR) is 62.0 cm³/mol. The van der Waals surface area contributed by atoms with Gasteiger partial charge in [-0.2, -0.15) is 0 Å². The number of likely N-dealkylation sites (tertiary alicyclic amines) is 1. The average molecular weight is 241 g/mol. The van der Waals surface area contributed by atoms with Crippen LogP contribution in [0.25, 0.3) is 0 Å². The Morgan fingerprint density at radius 3 is 3.06 bits per heavy atom. The monoisotopic (exact) mass is 240 g/mol. The number of nitrogens with zero attached hydrogens (tertiary/aromatic N) is 3. The lowest BCUT2D eigenvalue weighted by Crippen LogP contribution is -2.24. The minimum Gasteiger partial charge on any atom is -0.365 e. The maximum absolute atomic E-state index is 10.9.